The van der Waals surface area contributed by atoms with Gasteiger partial charge in [-0.05, 0) is 42.5 Å². The Bertz CT molecular complexity index is 1320. The fraction of sp³-hybridized carbons (Fsp3) is 0.0833. The third-order valence-corrected chi connectivity index (χ3v) is 6.28. The molecule has 1 atom stereocenters. The fourth-order valence-electron chi connectivity index (χ4n) is 3.72. The average Bonchev–Trinajstić information content (AvgIpc) is 3.07. The number of ether oxygens (including phenoxy) is 1. The molecule has 1 unspecified atom stereocenters. The van der Waals surface area contributed by atoms with Gasteiger partial charge in [-0.15, -0.1) is 0 Å². The van der Waals surface area contributed by atoms with Gasteiger partial charge in [0.1, 0.15) is 17.3 Å². The molecular weight excluding hydrogens is 492 g/mol. The third-order valence-electron chi connectivity index (χ3n) is 5.25. The lowest BCUT2D eigenvalue weighted by atomic mass is 9.94. The van der Waals surface area contributed by atoms with E-state index in [-0.39, 0.29) is 31.9 Å². The zero-order valence-corrected chi connectivity index (χ0v) is 19.2. The smallest absolute Gasteiger partial charge is 0.300 e. The fourth-order valence-corrected chi connectivity index (χ4v) is 4.19. The van der Waals surface area contributed by atoms with Gasteiger partial charge in [-0.2, -0.15) is 0 Å². The summed E-state index contributed by atoms with van der Waals surface area (Å²) in [7, 11) is 1.44. The highest BCUT2D eigenvalue weighted by Gasteiger charge is 2.48. The first-order valence-electron chi connectivity index (χ1n) is 9.59. The number of amides is 1. The van der Waals surface area contributed by atoms with Crippen LogP contribution >= 0.6 is 34.8 Å². The molecule has 0 aromatic heterocycles. The minimum atomic E-state index is -1.09. The van der Waals surface area contributed by atoms with E-state index in [1.807, 2.05) is 0 Å². The number of methoxy groups -OCH3 is 1. The van der Waals surface area contributed by atoms with Crippen LogP contribution in [0.3, 0.4) is 0 Å². The molecule has 1 N–H and O–H groups in total. The second-order valence-electron chi connectivity index (χ2n) is 7.14. The second kappa shape index (κ2) is 9.06. The Kier molecular flexibility index (Phi) is 6.34. The Labute approximate surface area is 203 Å². The van der Waals surface area contributed by atoms with Crippen LogP contribution in [0.5, 0.6) is 5.75 Å². The number of carbonyl (C=O) groups excluding carboxylic acids is 2. The second-order valence-corrected chi connectivity index (χ2v) is 8.36. The van der Waals surface area contributed by atoms with E-state index in [4.69, 9.17) is 39.5 Å². The number of anilines is 1. The molecule has 1 fully saturated rings. The van der Waals surface area contributed by atoms with Crippen molar-refractivity contribution in [1.82, 2.24) is 0 Å². The molecule has 0 radical (unpaired) electrons. The van der Waals surface area contributed by atoms with Crippen molar-refractivity contribution in [1.29, 1.82) is 0 Å². The molecule has 3 aromatic carbocycles. The SMILES string of the molecule is COc1ccccc1C1/C(=C(\O)c2ccc(Cl)c(Cl)c2)C(=O)C(=O)N1c1ccc(F)c(Cl)c1. The highest BCUT2D eigenvalue weighted by molar-refractivity contribution is 6.52. The van der Waals surface area contributed by atoms with Gasteiger partial charge in [0.05, 0.1) is 33.8 Å². The molecule has 1 saturated heterocycles. The molecule has 0 spiro atoms. The third kappa shape index (κ3) is 4.06. The van der Waals surface area contributed by atoms with Gasteiger partial charge >= 0.3 is 0 Å². The largest absolute Gasteiger partial charge is 0.507 e. The van der Waals surface area contributed by atoms with Gasteiger partial charge in [0.25, 0.3) is 11.7 Å². The summed E-state index contributed by atoms with van der Waals surface area (Å²) in [5.74, 6) is -2.60. The van der Waals surface area contributed by atoms with Crippen molar-refractivity contribution in [3.05, 3.63) is 98.2 Å². The van der Waals surface area contributed by atoms with Gasteiger partial charge in [-0.3, -0.25) is 14.5 Å². The minimum Gasteiger partial charge on any atom is -0.507 e. The molecule has 0 bridgehead atoms. The number of ketones is 1. The van der Waals surface area contributed by atoms with Crippen LogP contribution in [0, 0.1) is 5.82 Å². The standard InChI is InChI=1S/C24H15Cl3FNO4/c1-33-19-5-3-2-4-14(19)21-20(22(30)12-6-8-15(25)16(26)10-12)23(31)24(32)29(21)13-7-9-18(28)17(27)11-13/h2-11,21,30H,1H3/b22-20+. The molecule has 1 aliphatic heterocycles. The molecule has 33 heavy (non-hydrogen) atoms. The maximum atomic E-state index is 13.8. The number of halogens is 4. The Balaban J connectivity index is 2.00. The highest BCUT2D eigenvalue weighted by Crippen LogP contribution is 2.45. The maximum Gasteiger partial charge on any atom is 0.300 e. The van der Waals surface area contributed by atoms with Crippen LogP contribution in [0.1, 0.15) is 17.2 Å². The van der Waals surface area contributed by atoms with Crippen molar-refractivity contribution >= 4 is 57.9 Å². The Morgan fingerprint density at radius 1 is 0.970 bits per heavy atom. The molecule has 5 nitrogen and oxygen atoms in total. The van der Waals surface area contributed by atoms with Gasteiger partial charge in [-0.25, -0.2) is 4.39 Å². The maximum absolute atomic E-state index is 13.8. The number of Topliss-reactive ketones (excluding diaryl/α,β-unsaturated/α-hetero) is 1. The average molecular weight is 507 g/mol. The molecule has 4 rings (SSSR count). The number of aliphatic hydroxyl groups excluding tert-OH is 1. The summed E-state index contributed by atoms with van der Waals surface area (Å²) < 4.78 is 19.2. The monoisotopic (exact) mass is 505 g/mol. The number of para-hydroxylation sites is 1. The summed E-state index contributed by atoms with van der Waals surface area (Å²) in [6.45, 7) is 0. The van der Waals surface area contributed by atoms with E-state index < -0.39 is 29.3 Å². The minimum absolute atomic E-state index is 0.161. The number of hydrogen-bond donors (Lipinski definition) is 1. The predicted molar refractivity (Wildman–Crippen MR) is 126 cm³/mol. The van der Waals surface area contributed by atoms with Crippen LogP contribution in [0.4, 0.5) is 10.1 Å². The Morgan fingerprint density at radius 2 is 1.70 bits per heavy atom. The van der Waals surface area contributed by atoms with Crippen LogP contribution in [-0.2, 0) is 9.59 Å². The van der Waals surface area contributed by atoms with Crippen LogP contribution in [0.25, 0.3) is 5.76 Å². The van der Waals surface area contributed by atoms with Crippen LogP contribution in [0.2, 0.25) is 15.1 Å². The summed E-state index contributed by atoms with van der Waals surface area (Å²) in [4.78, 5) is 27.5. The van der Waals surface area contributed by atoms with E-state index in [0.717, 1.165) is 11.0 Å². The predicted octanol–water partition coefficient (Wildman–Crippen LogP) is 6.42. The zero-order valence-electron chi connectivity index (χ0n) is 17.0. The number of nitrogens with zero attached hydrogens (tertiary/aromatic N) is 1. The molecule has 0 saturated carbocycles. The normalized spacial score (nSPS) is 17.5. The van der Waals surface area contributed by atoms with E-state index in [0.29, 0.717) is 11.3 Å². The first-order chi connectivity index (χ1) is 15.7. The number of aliphatic hydroxyl groups is 1. The van der Waals surface area contributed by atoms with Crippen molar-refractivity contribution in [2.45, 2.75) is 6.04 Å². The van der Waals surface area contributed by atoms with Gasteiger partial charge in [0, 0.05) is 16.8 Å². The summed E-state index contributed by atoms with van der Waals surface area (Å²) in [5, 5.41) is 11.3. The van der Waals surface area contributed by atoms with E-state index in [1.54, 1.807) is 24.3 Å². The van der Waals surface area contributed by atoms with E-state index >= 15 is 0 Å². The molecule has 1 heterocycles. The molecule has 168 valence electrons. The summed E-state index contributed by atoms with van der Waals surface area (Å²) in [6.07, 6.45) is 0. The van der Waals surface area contributed by atoms with Crippen molar-refractivity contribution < 1.29 is 23.8 Å². The number of carbonyl (C=O) groups is 2. The van der Waals surface area contributed by atoms with E-state index in [9.17, 15) is 19.1 Å². The van der Waals surface area contributed by atoms with Crippen molar-refractivity contribution in [2.24, 2.45) is 0 Å². The number of hydrogen-bond acceptors (Lipinski definition) is 4. The molecule has 1 aliphatic rings. The molecule has 9 heteroatoms. The molecule has 3 aromatic rings. The zero-order chi connectivity index (χ0) is 23.9. The summed E-state index contributed by atoms with van der Waals surface area (Å²) in [6, 6.07) is 13.7. The summed E-state index contributed by atoms with van der Waals surface area (Å²) >= 11 is 18.0. The highest BCUT2D eigenvalue weighted by atomic mass is 35.5. The first-order valence-corrected chi connectivity index (χ1v) is 10.7. The van der Waals surface area contributed by atoms with Gasteiger partial charge in [0.15, 0.2) is 0 Å². The lowest BCUT2D eigenvalue weighted by molar-refractivity contribution is -0.132. The van der Waals surface area contributed by atoms with Crippen LogP contribution < -0.4 is 9.64 Å². The topological polar surface area (TPSA) is 66.8 Å². The quantitative estimate of drug-likeness (QED) is 0.252. The molecular formula is C24H15Cl3FNO4. The van der Waals surface area contributed by atoms with Gasteiger partial charge < -0.3 is 9.84 Å². The van der Waals surface area contributed by atoms with Gasteiger partial charge in [0.2, 0.25) is 0 Å². The lowest BCUT2D eigenvalue weighted by Gasteiger charge is -2.26. The molecule has 0 aliphatic carbocycles. The van der Waals surface area contributed by atoms with Crippen molar-refractivity contribution in [3.8, 4) is 5.75 Å². The Hall–Kier alpha value is -3.06. The molecule has 1 amide bonds. The Morgan fingerprint density at radius 3 is 2.36 bits per heavy atom. The number of rotatable bonds is 4. The van der Waals surface area contributed by atoms with Crippen molar-refractivity contribution in [3.63, 3.8) is 0 Å². The number of benzene rings is 3. The summed E-state index contributed by atoms with van der Waals surface area (Å²) in [5.41, 5.74) is 0.608. The van der Waals surface area contributed by atoms with Crippen LogP contribution in [0.15, 0.2) is 66.2 Å². The van der Waals surface area contributed by atoms with Crippen LogP contribution in [-0.4, -0.2) is 23.9 Å². The van der Waals surface area contributed by atoms with E-state index in [2.05, 4.69) is 0 Å². The van der Waals surface area contributed by atoms with Crippen molar-refractivity contribution in [2.75, 3.05) is 12.0 Å². The first kappa shape index (κ1) is 23.1. The van der Waals surface area contributed by atoms with E-state index in [1.165, 1.54) is 37.4 Å². The van der Waals surface area contributed by atoms with Gasteiger partial charge in [-0.1, -0.05) is 53.0 Å². The lowest BCUT2D eigenvalue weighted by Crippen LogP contribution is -2.29.